The summed E-state index contributed by atoms with van der Waals surface area (Å²) in [4.78, 5) is 38.3. The number of aryl methyl sites for hydroxylation is 2. The van der Waals surface area contributed by atoms with E-state index in [1.54, 1.807) is 30.7 Å². The van der Waals surface area contributed by atoms with Crippen molar-refractivity contribution in [1.29, 1.82) is 0 Å². The molecule has 2 amide bonds. The Kier molecular flexibility index (Phi) is 7.09. The number of amides is 2. The van der Waals surface area contributed by atoms with Gasteiger partial charge in [0.15, 0.2) is 5.65 Å². The number of nitrogens with one attached hydrogen (secondary N) is 2. The van der Waals surface area contributed by atoms with Crippen molar-refractivity contribution < 1.29 is 27.9 Å². The quantitative estimate of drug-likeness (QED) is 0.325. The second kappa shape index (κ2) is 10.6. The van der Waals surface area contributed by atoms with Crippen LogP contribution in [0.25, 0.3) is 11.2 Å². The summed E-state index contributed by atoms with van der Waals surface area (Å²) >= 11 is 0. The van der Waals surface area contributed by atoms with Crippen LogP contribution in [0.3, 0.4) is 0 Å². The Morgan fingerprint density at radius 3 is 2.46 bits per heavy atom. The molecule has 3 N–H and O–H groups in total. The topological polar surface area (TPSA) is 114 Å². The number of aromatic amines is 1. The van der Waals surface area contributed by atoms with E-state index in [2.05, 4.69) is 20.3 Å². The first-order valence-corrected chi connectivity index (χ1v) is 12.3. The Hall–Kier alpha value is -4.61. The van der Waals surface area contributed by atoms with Crippen LogP contribution >= 0.6 is 0 Å². The summed E-state index contributed by atoms with van der Waals surface area (Å²) in [5, 5.41) is 11.6. The predicted molar refractivity (Wildman–Crippen MR) is 139 cm³/mol. The maximum atomic E-state index is 14.2. The van der Waals surface area contributed by atoms with Crippen molar-refractivity contribution in [3.63, 3.8) is 0 Å². The van der Waals surface area contributed by atoms with E-state index in [0.29, 0.717) is 18.5 Å². The summed E-state index contributed by atoms with van der Waals surface area (Å²) < 4.78 is 42.7. The zero-order valence-corrected chi connectivity index (χ0v) is 20.7. The molecule has 202 valence electrons. The number of aromatic nitrogens is 3. The third kappa shape index (κ3) is 5.79. The van der Waals surface area contributed by atoms with Gasteiger partial charge in [-0.25, -0.2) is 14.8 Å². The van der Waals surface area contributed by atoms with E-state index < -0.39 is 23.7 Å². The number of pyridine rings is 1. The van der Waals surface area contributed by atoms with Gasteiger partial charge in [-0.2, -0.15) is 13.2 Å². The minimum absolute atomic E-state index is 0.0851. The summed E-state index contributed by atoms with van der Waals surface area (Å²) in [6.07, 6.45) is -1.27. The molecule has 0 spiro atoms. The number of benzene rings is 2. The first-order chi connectivity index (χ1) is 18.7. The highest BCUT2D eigenvalue weighted by molar-refractivity contribution is 6.05. The van der Waals surface area contributed by atoms with Crippen LogP contribution in [0.5, 0.6) is 0 Å². The van der Waals surface area contributed by atoms with Crippen LogP contribution in [0.1, 0.15) is 27.0 Å². The molecule has 1 fully saturated rings. The minimum atomic E-state index is -4.74. The maximum Gasteiger partial charge on any atom is 0.420 e. The van der Waals surface area contributed by atoms with Gasteiger partial charge in [0.1, 0.15) is 5.56 Å². The van der Waals surface area contributed by atoms with Crippen LogP contribution in [0.2, 0.25) is 0 Å². The first kappa shape index (κ1) is 26.0. The SMILES string of the molecule is O=C(Nc1cccc(N2CCN(C(=O)O)CC2)c1C(F)(F)F)c1cccc(CCc2cnc3nc[nH]c3c2)c1. The van der Waals surface area contributed by atoms with Gasteiger partial charge in [-0.1, -0.05) is 18.2 Å². The molecule has 9 nitrogen and oxygen atoms in total. The first-order valence-electron chi connectivity index (χ1n) is 12.3. The average Bonchev–Trinajstić information content (AvgIpc) is 3.39. The monoisotopic (exact) mass is 538 g/mol. The highest BCUT2D eigenvalue weighted by Crippen LogP contribution is 2.42. The van der Waals surface area contributed by atoms with E-state index in [4.69, 9.17) is 5.11 Å². The van der Waals surface area contributed by atoms with Crippen LogP contribution in [-0.4, -0.2) is 63.1 Å². The van der Waals surface area contributed by atoms with Crippen LogP contribution in [0.15, 0.2) is 61.1 Å². The second-order valence-corrected chi connectivity index (χ2v) is 9.23. The summed E-state index contributed by atoms with van der Waals surface area (Å²) in [7, 11) is 0. The number of anilines is 2. The number of halogens is 3. The number of carboxylic acid groups (broad SMARTS) is 1. The lowest BCUT2D eigenvalue weighted by molar-refractivity contribution is -0.136. The number of alkyl halides is 3. The van der Waals surface area contributed by atoms with E-state index in [1.165, 1.54) is 23.1 Å². The Morgan fingerprint density at radius 2 is 1.72 bits per heavy atom. The van der Waals surface area contributed by atoms with E-state index >= 15 is 0 Å². The van der Waals surface area contributed by atoms with E-state index in [0.717, 1.165) is 21.5 Å². The highest BCUT2D eigenvalue weighted by atomic mass is 19.4. The van der Waals surface area contributed by atoms with Crippen LogP contribution in [0.4, 0.5) is 29.3 Å². The number of fused-ring (bicyclic) bond motifs is 1. The summed E-state index contributed by atoms with van der Waals surface area (Å²) in [6.45, 7) is 0.388. The van der Waals surface area contributed by atoms with E-state index in [-0.39, 0.29) is 43.1 Å². The summed E-state index contributed by atoms with van der Waals surface area (Å²) in [5.74, 6) is -0.657. The molecule has 0 saturated carbocycles. The van der Waals surface area contributed by atoms with Gasteiger partial charge in [0.25, 0.3) is 5.91 Å². The largest absolute Gasteiger partial charge is 0.465 e. The fourth-order valence-corrected chi connectivity index (χ4v) is 4.71. The van der Waals surface area contributed by atoms with Gasteiger partial charge in [-0.15, -0.1) is 0 Å². The molecule has 2 aromatic heterocycles. The number of hydrogen-bond acceptors (Lipinski definition) is 5. The molecular weight excluding hydrogens is 513 g/mol. The predicted octanol–water partition coefficient (Wildman–Crippen LogP) is 4.81. The van der Waals surface area contributed by atoms with E-state index in [1.807, 2.05) is 12.1 Å². The molecule has 3 heterocycles. The fraction of sp³-hybridized carbons (Fsp3) is 0.259. The third-order valence-corrected chi connectivity index (χ3v) is 6.69. The minimum Gasteiger partial charge on any atom is -0.465 e. The fourth-order valence-electron chi connectivity index (χ4n) is 4.71. The lowest BCUT2D eigenvalue weighted by Crippen LogP contribution is -2.48. The van der Waals surface area contributed by atoms with Crippen molar-refractivity contribution in [1.82, 2.24) is 19.9 Å². The van der Waals surface area contributed by atoms with Crippen molar-refractivity contribution >= 4 is 34.5 Å². The molecule has 2 aromatic carbocycles. The summed E-state index contributed by atoms with van der Waals surface area (Å²) in [5.41, 5.74) is 2.13. The van der Waals surface area contributed by atoms with Crippen LogP contribution in [-0.2, 0) is 19.0 Å². The molecule has 4 aromatic rings. The molecule has 1 saturated heterocycles. The lowest BCUT2D eigenvalue weighted by atomic mass is 10.0. The number of carbonyl (C=O) groups is 2. The number of carbonyl (C=O) groups excluding carboxylic acids is 1. The molecule has 0 unspecified atom stereocenters. The van der Waals surface area contributed by atoms with Crippen LogP contribution in [0, 0.1) is 0 Å². The smallest absolute Gasteiger partial charge is 0.420 e. The van der Waals surface area contributed by atoms with Crippen molar-refractivity contribution in [2.24, 2.45) is 0 Å². The molecule has 1 aliphatic rings. The van der Waals surface area contributed by atoms with Crippen molar-refractivity contribution in [3.8, 4) is 0 Å². The molecule has 0 bridgehead atoms. The molecule has 0 atom stereocenters. The normalized spacial score (nSPS) is 14.0. The van der Waals surface area contributed by atoms with Gasteiger partial charge in [-0.05, 0) is 54.3 Å². The van der Waals surface area contributed by atoms with Crippen molar-refractivity contribution in [3.05, 3.63) is 83.3 Å². The number of nitrogens with zero attached hydrogens (tertiary/aromatic N) is 4. The third-order valence-electron chi connectivity index (χ3n) is 6.69. The number of hydrogen-bond donors (Lipinski definition) is 3. The highest BCUT2D eigenvalue weighted by Gasteiger charge is 2.39. The molecule has 0 radical (unpaired) electrons. The zero-order valence-electron chi connectivity index (χ0n) is 20.7. The average molecular weight is 539 g/mol. The Labute approximate surface area is 221 Å². The van der Waals surface area contributed by atoms with Gasteiger partial charge in [0, 0.05) is 37.9 Å². The number of piperazine rings is 1. The standard InChI is InChI=1S/C27H25F3N6O3/c28-27(29,30)23-20(5-2-6-22(23)35-9-11-36(12-10-35)26(38)39)34-25(37)19-4-1-3-17(13-19)7-8-18-14-21-24(31-15-18)33-16-32-21/h1-6,13-16H,7-12H2,(H,34,37)(H,38,39)(H,31,32,33). The van der Waals surface area contributed by atoms with E-state index in [9.17, 15) is 22.8 Å². The molecule has 0 aliphatic carbocycles. The van der Waals surface area contributed by atoms with Crippen molar-refractivity contribution in [2.75, 3.05) is 36.4 Å². The Bertz CT molecular complexity index is 1510. The van der Waals surface area contributed by atoms with Gasteiger partial charge < -0.3 is 25.2 Å². The van der Waals surface area contributed by atoms with Gasteiger partial charge in [-0.3, -0.25) is 4.79 Å². The zero-order chi connectivity index (χ0) is 27.6. The van der Waals surface area contributed by atoms with Gasteiger partial charge in [0.05, 0.1) is 23.2 Å². The molecule has 1 aliphatic heterocycles. The molecular formula is C27H25F3N6O3. The van der Waals surface area contributed by atoms with Gasteiger partial charge >= 0.3 is 12.3 Å². The summed E-state index contributed by atoms with van der Waals surface area (Å²) in [6, 6.07) is 12.7. The lowest BCUT2D eigenvalue weighted by Gasteiger charge is -2.36. The molecule has 5 rings (SSSR count). The Morgan fingerprint density at radius 1 is 0.974 bits per heavy atom. The second-order valence-electron chi connectivity index (χ2n) is 9.23. The number of H-pyrrole nitrogens is 1. The van der Waals surface area contributed by atoms with Gasteiger partial charge in [0.2, 0.25) is 0 Å². The molecule has 12 heteroatoms. The number of imidazole rings is 1. The molecule has 39 heavy (non-hydrogen) atoms. The maximum absolute atomic E-state index is 14.2. The van der Waals surface area contributed by atoms with Crippen LogP contribution < -0.4 is 10.2 Å². The number of rotatable bonds is 6. The Balaban J connectivity index is 1.32. The van der Waals surface area contributed by atoms with Crippen molar-refractivity contribution in [2.45, 2.75) is 19.0 Å².